The second kappa shape index (κ2) is 10.8. The lowest BCUT2D eigenvalue weighted by Gasteiger charge is -2.43. The lowest BCUT2D eigenvalue weighted by atomic mass is 9.66. The first-order valence-electron chi connectivity index (χ1n) is 13.7. The minimum absolute atomic E-state index is 0.0770. The topological polar surface area (TPSA) is 188 Å². The van der Waals surface area contributed by atoms with Crippen LogP contribution in [0.1, 0.15) is 35.4 Å². The van der Waals surface area contributed by atoms with Gasteiger partial charge in [0.1, 0.15) is 11.5 Å². The zero-order valence-electron chi connectivity index (χ0n) is 25.3. The van der Waals surface area contributed by atoms with E-state index < -0.39 is 40.0 Å². The van der Waals surface area contributed by atoms with Gasteiger partial charge in [-0.05, 0) is 50.2 Å². The van der Waals surface area contributed by atoms with Gasteiger partial charge in [0, 0.05) is 47.3 Å². The number of hydrogen-bond donors (Lipinski definition) is 3. The van der Waals surface area contributed by atoms with E-state index in [0.29, 0.717) is 37.2 Å². The largest absolute Gasteiger partial charge is 0.490 e. The molecule has 0 saturated heterocycles. The highest BCUT2D eigenvalue weighted by atomic mass is 32.2. The number of nitriles is 1. The Morgan fingerprint density at radius 1 is 1.19 bits per heavy atom. The first-order chi connectivity index (χ1) is 20.7. The van der Waals surface area contributed by atoms with Crippen LogP contribution < -0.4 is 15.4 Å². The number of fused-ring (bicyclic) bond motifs is 1. The van der Waals surface area contributed by atoms with Crippen LogP contribution in [-0.4, -0.2) is 65.2 Å². The number of aliphatic carboxylic acids is 1. The molecule has 2 heterocycles. The van der Waals surface area contributed by atoms with E-state index in [9.17, 15) is 26.9 Å². The van der Waals surface area contributed by atoms with Crippen LogP contribution in [0.15, 0.2) is 41.7 Å². The van der Waals surface area contributed by atoms with Crippen molar-refractivity contribution in [2.24, 2.45) is 5.41 Å². The maximum atomic E-state index is 13.4. The van der Waals surface area contributed by atoms with Gasteiger partial charge >= 0.3 is 12.1 Å². The lowest BCUT2D eigenvalue weighted by molar-refractivity contribution is -0.192. The number of nitrogens with zero attached hydrogens (tertiary/aromatic N) is 6. The monoisotopic (exact) mass is 607 g/mol. The Hall–Kier alpha value is -4.36. The Morgan fingerprint density at radius 3 is 2.36 bits per heavy atom. The molecule has 2 bridgehead atoms. The van der Waals surface area contributed by atoms with Crippen molar-refractivity contribution in [3.8, 4) is 28.6 Å². The maximum absolute atomic E-state index is 13.4. The number of sulfonamides is 1. The van der Waals surface area contributed by atoms with E-state index >= 15 is 0 Å². The minimum Gasteiger partial charge on any atom is -0.475 e. The summed E-state index contributed by atoms with van der Waals surface area (Å²) in [6.07, 6.45) is 1.46. The van der Waals surface area contributed by atoms with Gasteiger partial charge in [-0.25, -0.2) is 37.9 Å². The van der Waals surface area contributed by atoms with Crippen LogP contribution >= 0.6 is 0 Å². The molecule has 222 valence electrons. The van der Waals surface area contributed by atoms with Gasteiger partial charge in [0.2, 0.25) is 16.0 Å². The summed E-state index contributed by atoms with van der Waals surface area (Å²) in [7, 11) is -0.418. The number of hydrogen-bond acceptors (Lipinski definition) is 10. The van der Waals surface area contributed by atoms with Crippen LogP contribution in [0.4, 0.5) is 24.9 Å². The zero-order chi connectivity index (χ0) is 33.6. The lowest BCUT2D eigenvalue weighted by Crippen LogP contribution is -2.55. The molecule has 16 heteroatoms. The van der Waals surface area contributed by atoms with Crippen LogP contribution in [0.25, 0.3) is 22.5 Å². The number of anilines is 2. The van der Waals surface area contributed by atoms with Crippen LogP contribution in [0.5, 0.6) is 0 Å². The summed E-state index contributed by atoms with van der Waals surface area (Å²) in [5, 5.41) is 16.5. The Morgan fingerprint density at radius 2 is 1.83 bits per heavy atom. The molecule has 0 radical (unpaired) electrons. The number of nitrogens with two attached hydrogens (primary N) is 1. The molecule has 3 aliphatic carbocycles. The van der Waals surface area contributed by atoms with Crippen molar-refractivity contribution in [1.82, 2.24) is 24.7 Å². The molecule has 3 fully saturated rings. The highest BCUT2D eigenvalue weighted by Crippen LogP contribution is 2.61. The van der Waals surface area contributed by atoms with Crippen LogP contribution in [0, 0.1) is 23.6 Å². The predicted octanol–water partition coefficient (Wildman–Crippen LogP) is 3.31. The van der Waals surface area contributed by atoms with Crippen LogP contribution in [-0.2, 0) is 14.8 Å². The highest BCUT2D eigenvalue weighted by Gasteiger charge is 2.62. The third kappa shape index (κ3) is 6.11. The molecule has 3 saturated carbocycles. The molecule has 0 spiro atoms. The number of halogens is 3. The van der Waals surface area contributed by atoms with Crippen LogP contribution in [0.3, 0.4) is 0 Å². The molecule has 0 amide bonds. The van der Waals surface area contributed by atoms with Gasteiger partial charge in [0.25, 0.3) is 0 Å². The number of rotatable bonds is 6. The van der Waals surface area contributed by atoms with Gasteiger partial charge in [-0.3, -0.25) is 0 Å². The van der Waals surface area contributed by atoms with E-state index in [1.54, 1.807) is 19.0 Å². The maximum Gasteiger partial charge on any atom is 0.490 e. The number of carbonyl (C=O) groups is 1. The van der Waals surface area contributed by atoms with E-state index in [4.69, 9.17) is 19.7 Å². The van der Waals surface area contributed by atoms with E-state index in [0.717, 1.165) is 0 Å². The van der Waals surface area contributed by atoms with Crippen molar-refractivity contribution in [3.05, 3.63) is 42.4 Å². The van der Waals surface area contributed by atoms with Gasteiger partial charge < -0.3 is 15.7 Å². The molecule has 0 atom stereocenters. The number of aryl methyl sites for hydroxylation is 1. The van der Waals surface area contributed by atoms with E-state index in [1.165, 1.54) is 36.8 Å². The third-order valence-electron chi connectivity index (χ3n) is 6.96. The fourth-order valence-corrected chi connectivity index (χ4v) is 6.45. The van der Waals surface area contributed by atoms with Gasteiger partial charge in [0.05, 0.1) is 28.3 Å². The van der Waals surface area contributed by atoms with Gasteiger partial charge in [0.15, 0.2) is 0 Å². The van der Waals surface area contributed by atoms with Gasteiger partial charge in [-0.1, -0.05) is 6.07 Å². The molecular weight excluding hydrogens is 577 g/mol. The van der Waals surface area contributed by atoms with Gasteiger partial charge in [-0.2, -0.15) is 18.4 Å². The highest BCUT2D eigenvalue weighted by molar-refractivity contribution is 7.89. The second-order valence-electron chi connectivity index (χ2n) is 10.3. The van der Waals surface area contributed by atoms with Crippen molar-refractivity contribution in [2.75, 3.05) is 24.7 Å². The van der Waals surface area contributed by atoms with Crippen molar-refractivity contribution in [2.45, 2.75) is 49.1 Å². The third-order valence-corrected chi connectivity index (χ3v) is 8.53. The quantitative estimate of drug-likeness (QED) is 0.373. The van der Waals surface area contributed by atoms with E-state index in [-0.39, 0.29) is 33.2 Å². The van der Waals surface area contributed by atoms with Crippen LogP contribution in [0.2, 0.25) is 0 Å². The molecule has 3 aliphatic rings. The number of nitrogens with one attached hydrogen (secondary N) is 1. The Balaban J connectivity index is 0.000000591. The number of benzene rings is 1. The number of nitrogen functional groups attached to an aromatic ring is 1. The van der Waals surface area contributed by atoms with Crippen molar-refractivity contribution >= 4 is 27.8 Å². The molecule has 0 aliphatic heterocycles. The molecule has 12 nitrogen and oxygen atoms in total. The number of aromatic nitrogens is 4. The smallest absolute Gasteiger partial charge is 0.475 e. The fourth-order valence-electron chi connectivity index (χ4n) is 5.00. The number of carboxylic acid groups (broad SMARTS) is 1. The molecule has 6 rings (SSSR count). The Kier molecular flexibility index (Phi) is 6.82. The molecule has 4 N–H and O–H groups in total. The van der Waals surface area contributed by atoms with Crippen molar-refractivity contribution in [1.29, 1.82) is 5.26 Å². The first-order valence-corrected chi connectivity index (χ1v) is 13.7. The summed E-state index contributed by atoms with van der Waals surface area (Å²) < 4.78 is 85.3. The second-order valence-corrected chi connectivity index (χ2v) is 12.0. The normalized spacial score (nSPS) is 22.3. The fraction of sp³-hybridized carbons (Fsp3) is 0.385. The summed E-state index contributed by atoms with van der Waals surface area (Å²) >= 11 is 0. The summed E-state index contributed by atoms with van der Waals surface area (Å²) in [5.74, 6) is -2.19. The van der Waals surface area contributed by atoms with Gasteiger partial charge in [-0.15, -0.1) is 0 Å². The predicted molar refractivity (Wildman–Crippen MR) is 145 cm³/mol. The molecule has 3 aromatic rings. The van der Waals surface area contributed by atoms with Crippen molar-refractivity contribution < 1.29 is 35.6 Å². The summed E-state index contributed by atoms with van der Waals surface area (Å²) in [6, 6.07) is 6.15. The average Bonchev–Trinajstić information content (AvgIpc) is 3.47. The number of alkyl halides is 3. The standard InChI is InChI=1S/C24H26N8O2S.C2HF3O2/c1-15-4-5-17(35(33,34)31-24-7-6-23(12-24,13-24)14-25)8-18(15)19-11-27-21(26)20(30-19)16-9-28-22(29-10-16)32(2)3;3-2(4,5)1(6)7/h4-5,8-11,31H,6-7,12-13H2,1-3H3,(H2,26,27);(H,6,7)/i1D3;. The SMILES string of the molecule is O=C(O)C(F)(F)F.[2H]C([2H])([2H])c1ccc(S(=O)(=O)NC23CCC(C#N)(C2)C3)cc1-c1cnc(N)c(-c2cnc(N(C)C)nc2)n1. The Bertz CT molecular complexity index is 1770. The zero-order valence-corrected chi connectivity index (χ0v) is 23.1. The summed E-state index contributed by atoms with van der Waals surface area (Å²) in [6.45, 7) is -2.55. The van der Waals surface area contributed by atoms with E-state index in [1.807, 2.05) is 0 Å². The average molecular weight is 608 g/mol. The molecule has 42 heavy (non-hydrogen) atoms. The Labute approximate surface area is 243 Å². The van der Waals surface area contributed by atoms with Crippen molar-refractivity contribution in [3.63, 3.8) is 0 Å². The molecule has 0 unspecified atom stereocenters. The van der Waals surface area contributed by atoms with E-state index in [2.05, 4.69) is 30.7 Å². The number of carboxylic acids is 1. The minimum atomic E-state index is -5.08. The summed E-state index contributed by atoms with van der Waals surface area (Å²) in [5.41, 5.74) is 5.83. The molecular formula is C26H27F3N8O4S. The molecule has 2 aromatic heterocycles. The molecule has 1 aromatic carbocycles. The summed E-state index contributed by atoms with van der Waals surface area (Å²) in [4.78, 5) is 27.8. The first kappa shape index (κ1) is 26.5.